The van der Waals surface area contributed by atoms with Crippen LogP contribution >= 0.6 is 0 Å². The Morgan fingerprint density at radius 1 is 0.923 bits per heavy atom. The van der Waals surface area contributed by atoms with Crippen molar-refractivity contribution in [2.75, 3.05) is 13.1 Å². The number of hydrogen-bond acceptors (Lipinski definition) is 1. The molecule has 0 aromatic heterocycles. The summed E-state index contributed by atoms with van der Waals surface area (Å²) in [6, 6.07) is 0. The van der Waals surface area contributed by atoms with Crippen molar-refractivity contribution in [2.45, 2.75) is 38.0 Å². The van der Waals surface area contributed by atoms with Crippen LogP contribution in [0.3, 0.4) is 0 Å². The molecule has 0 spiro atoms. The van der Waals surface area contributed by atoms with Crippen LogP contribution in [0.25, 0.3) is 0 Å². The second kappa shape index (κ2) is 3.52. The monoisotopic (exact) mass is 189 g/mol. The van der Waals surface area contributed by atoms with Gasteiger partial charge in [0, 0.05) is 11.8 Å². The molecule has 1 saturated heterocycles. The zero-order valence-corrected chi connectivity index (χ0v) is 7.86. The lowest BCUT2D eigenvalue weighted by atomic mass is 9.90. The van der Waals surface area contributed by atoms with Gasteiger partial charge in [0.1, 0.15) is 0 Å². The average molecular weight is 189 g/mol. The Hall–Kier alpha value is -0.180. The van der Waals surface area contributed by atoms with Crippen LogP contribution in [-0.2, 0) is 0 Å². The van der Waals surface area contributed by atoms with Gasteiger partial charge < -0.3 is 5.32 Å². The highest BCUT2D eigenvalue weighted by molar-refractivity contribution is 4.93. The maximum atomic E-state index is 13.6. The van der Waals surface area contributed by atoms with Gasteiger partial charge in [-0.25, -0.2) is 8.78 Å². The van der Waals surface area contributed by atoms with Gasteiger partial charge in [0.2, 0.25) is 0 Å². The first-order valence-corrected chi connectivity index (χ1v) is 5.30. The van der Waals surface area contributed by atoms with Crippen LogP contribution in [0, 0.1) is 11.8 Å². The first-order chi connectivity index (χ1) is 6.21. The molecule has 1 nitrogen and oxygen atoms in total. The summed E-state index contributed by atoms with van der Waals surface area (Å²) in [6.07, 6.45) is 3.76. The van der Waals surface area contributed by atoms with E-state index < -0.39 is 5.92 Å². The number of hydrogen-bond donors (Lipinski definition) is 1. The molecule has 2 fully saturated rings. The molecule has 0 bridgehead atoms. The van der Waals surface area contributed by atoms with Crippen LogP contribution in [0.5, 0.6) is 0 Å². The van der Waals surface area contributed by atoms with Crippen LogP contribution in [-0.4, -0.2) is 19.0 Å². The summed E-state index contributed by atoms with van der Waals surface area (Å²) >= 11 is 0. The van der Waals surface area contributed by atoms with E-state index in [-0.39, 0.29) is 11.8 Å². The SMILES string of the molecule is FC(F)(C1CCCNCC1)C1CC1. The van der Waals surface area contributed by atoms with Crippen LogP contribution < -0.4 is 5.32 Å². The molecule has 1 atom stereocenters. The molecule has 3 heteroatoms. The van der Waals surface area contributed by atoms with Crippen molar-refractivity contribution in [1.82, 2.24) is 5.32 Å². The van der Waals surface area contributed by atoms with E-state index in [1.807, 2.05) is 0 Å². The van der Waals surface area contributed by atoms with Crippen molar-refractivity contribution in [1.29, 1.82) is 0 Å². The Bertz CT molecular complexity index is 170. The molecule has 1 unspecified atom stereocenters. The largest absolute Gasteiger partial charge is 0.317 e. The van der Waals surface area contributed by atoms with Gasteiger partial charge in [0.05, 0.1) is 0 Å². The Morgan fingerprint density at radius 2 is 1.62 bits per heavy atom. The molecular formula is C10H17F2N. The maximum Gasteiger partial charge on any atom is 0.253 e. The highest BCUT2D eigenvalue weighted by Crippen LogP contribution is 2.49. The molecule has 0 aromatic carbocycles. The van der Waals surface area contributed by atoms with E-state index in [0.29, 0.717) is 12.8 Å². The van der Waals surface area contributed by atoms with E-state index >= 15 is 0 Å². The fourth-order valence-electron chi connectivity index (χ4n) is 2.21. The smallest absolute Gasteiger partial charge is 0.253 e. The third-order valence-corrected chi connectivity index (χ3v) is 3.24. The number of halogens is 2. The first kappa shape index (κ1) is 9.38. The van der Waals surface area contributed by atoms with Crippen LogP contribution in [0.15, 0.2) is 0 Å². The first-order valence-electron chi connectivity index (χ1n) is 5.30. The maximum absolute atomic E-state index is 13.6. The standard InChI is InChI=1S/C10H17F2N/c11-10(12,9-3-4-9)8-2-1-6-13-7-5-8/h8-9,13H,1-7H2. The molecule has 2 rings (SSSR count). The summed E-state index contributed by atoms with van der Waals surface area (Å²) < 4.78 is 27.3. The average Bonchev–Trinajstić information content (AvgIpc) is 2.93. The van der Waals surface area contributed by atoms with E-state index in [4.69, 9.17) is 0 Å². The number of rotatable bonds is 2. The quantitative estimate of drug-likeness (QED) is 0.703. The third-order valence-electron chi connectivity index (χ3n) is 3.24. The van der Waals surface area contributed by atoms with E-state index in [1.54, 1.807) is 0 Å². The van der Waals surface area contributed by atoms with Gasteiger partial charge in [-0.05, 0) is 45.2 Å². The molecule has 1 N–H and O–H groups in total. The fourth-order valence-corrected chi connectivity index (χ4v) is 2.21. The van der Waals surface area contributed by atoms with Crippen LogP contribution in [0.1, 0.15) is 32.1 Å². The molecule has 1 heterocycles. The van der Waals surface area contributed by atoms with Gasteiger partial charge in [-0.15, -0.1) is 0 Å². The predicted octanol–water partition coefficient (Wildman–Crippen LogP) is 2.42. The van der Waals surface area contributed by atoms with Crippen molar-refractivity contribution >= 4 is 0 Å². The van der Waals surface area contributed by atoms with E-state index in [0.717, 1.165) is 32.4 Å². The zero-order chi connectivity index (χ0) is 9.31. The minimum atomic E-state index is -2.37. The lowest BCUT2D eigenvalue weighted by Gasteiger charge is -2.25. The van der Waals surface area contributed by atoms with Crippen molar-refractivity contribution in [3.63, 3.8) is 0 Å². The molecule has 0 radical (unpaired) electrons. The second-order valence-electron chi connectivity index (χ2n) is 4.33. The fraction of sp³-hybridized carbons (Fsp3) is 1.00. The predicted molar refractivity (Wildman–Crippen MR) is 47.9 cm³/mol. The Morgan fingerprint density at radius 3 is 2.31 bits per heavy atom. The number of alkyl halides is 2. The summed E-state index contributed by atoms with van der Waals surface area (Å²) in [6.45, 7) is 1.68. The minimum Gasteiger partial charge on any atom is -0.317 e. The lowest BCUT2D eigenvalue weighted by molar-refractivity contribution is -0.0824. The Labute approximate surface area is 77.9 Å². The summed E-state index contributed by atoms with van der Waals surface area (Å²) in [7, 11) is 0. The molecule has 2 aliphatic rings. The second-order valence-corrected chi connectivity index (χ2v) is 4.33. The van der Waals surface area contributed by atoms with Crippen molar-refractivity contribution in [2.24, 2.45) is 11.8 Å². The number of nitrogens with one attached hydrogen (secondary N) is 1. The molecule has 1 aliphatic heterocycles. The van der Waals surface area contributed by atoms with Crippen molar-refractivity contribution in [3.8, 4) is 0 Å². The van der Waals surface area contributed by atoms with Gasteiger partial charge in [0.15, 0.2) is 0 Å². The highest BCUT2D eigenvalue weighted by atomic mass is 19.3. The zero-order valence-electron chi connectivity index (χ0n) is 7.86. The van der Waals surface area contributed by atoms with Gasteiger partial charge in [0.25, 0.3) is 5.92 Å². The van der Waals surface area contributed by atoms with Gasteiger partial charge >= 0.3 is 0 Å². The molecule has 13 heavy (non-hydrogen) atoms. The normalized spacial score (nSPS) is 31.4. The van der Waals surface area contributed by atoms with Crippen molar-refractivity contribution < 1.29 is 8.78 Å². The summed E-state index contributed by atoms with van der Waals surface area (Å²) in [5.74, 6) is -3.00. The molecule has 1 aliphatic carbocycles. The Balaban J connectivity index is 1.95. The van der Waals surface area contributed by atoms with Crippen LogP contribution in [0.2, 0.25) is 0 Å². The molecule has 0 amide bonds. The van der Waals surface area contributed by atoms with E-state index in [2.05, 4.69) is 5.32 Å². The highest BCUT2D eigenvalue weighted by Gasteiger charge is 2.51. The molecule has 1 saturated carbocycles. The van der Waals surface area contributed by atoms with Gasteiger partial charge in [-0.1, -0.05) is 0 Å². The van der Waals surface area contributed by atoms with Crippen molar-refractivity contribution in [3.05, 3.63) is 0 Å². The summed E-state index contributed by atoms with van der Waals surface area (Å²) in [4.78, 5) is 0. The molecule has 76 valence electrons. The Kier molecular flexibility index (Phi) is 2.54. The van der Waals surface area contributed by atoms with E-state index in [1.165, 1.54) is 0 Å². The lowest BCUT2D eigenvalue weighted by Crippen LogP contribution is -2.31. The van der Waals surface area contributed by atoms with Gasteiger partial charge in [-0.3, -0.25) is 0 Å². The third kappa shape index (κ3) is 2.01. The topological polar surface area (TPSA) is 12.0 Å². The molecule has 0 aromatic rings. The molecular weight excluding hydrogens is 172 g/mol. The summed E-state index contributed by atoms with van der Waals surface area (Å²) in [5.41, 5.74) is 0. The van der Waals surface area contributed by atoms with Gasteiger partial charge in [-0.2, -0.15) is 0 Å². The minimum absolute atomic E-state index is 0.282. The summed E-state index contributed by atoms with van der Waals surface area (Å²) in [5, 5.41) is 3.18. The van der Waals surface area contributed by atoms with Crippen LogP contribution in [0.4, 0.5) is 8.78 Å². The van der Waals surface area contributed by atoms with E-state index in [9.17, 15) is 8.78 Å².